The van der Waals surface area contributed by atoms with E-state index in [-0.39, 0.29) is 29.1 Å². The summed E-state index contributed by atoms with van der Waals surface area (Å²) in [6.45, 7) is 4.67. The zero-order valence-electron chi connectivity index (χ0n) is 17.7. The number of nitrogen functional groups attached to an aromatic ring is 1. The lowest BCUT2D eigenvalue weighted by Crippen LogP contribution is -2.44. The molecule has 1 fully saturated rings. The highest BCUT2D eigenvalue weighted by atomic mass is 32.1. The number of aromatic nitrogens is 2. The Hall–Kier alpha value is -2.85. The fourth-order valence-corrected chi connectivity index (χ4v) is 5.40. The lowest BCUT2D eigenvalue weighted by molar-refractivity contribution is 0.0938. The summed E-state index contributed by atoms with van der Waals surface area (Å²) in [5.74, 6) is -0.675. The van der Waals surface area contributed by atoms with Gasteiger partial charge in [0.1, 0.15) is 15.5 Å². The van der Waals surface area contributed by atoms with Gasteiger partial charge < -0.3 is 21.3 Å². The van der Waals surface area contributed by atoms with Crippen molar-refractivity contribution >= 4 is 39.0 Å². The molecule has 1 aliphatic carbocycles. The van der Waals surface area contributed by atoms with E-state index in [0.717, 1.165) is 48.8 Å². The van der Waals surface area contributed by atoms with Crippen LogP contribution < -0.4 is 21.3 Å². The minimum atomic E-state index is -0.451. The van der Waals surface area contributed by atoms with Gasteiger partial charge in [0.2, 0.25) is 0 Å². The SMILES string of the molecule is Cc1nc2sc(C(=O)NC3CCc4nc(N5CCNCC5)c(F)cc4C3)c(N)c2cc1F. The van der Waals surface area contributed by atoms with Crippen LogP contribution in [-0.2, 0) is 12.8 Å². The summed E-state index contributed by atoms with van der Waals surface area (Å²) in [6, 6.07) is 2.72. The van der Waals surface area contributed by atoms with Crippen molar-refractivity contribution in [2.24, 2.45) is 0 Å². The van der Waals surface area contributed by atoms with Gasteiger partial charge in [-0.1, -0.05) is 0 Å². The summed E-state index contributed by atoms with van der Waals surface area (Å²) in [7, 11) is 0. The van der Waals surface area contributed by atoms with Gasteiger partial charge in [0.25, 0.3) is 5.91 Å². The van der Waals surface area contributed by atoms with E-state index in [4.69, 9.17) is 5.73 Å². The minimum absolute atomic E-state index is 0.155. The number of anilines is 2. The topological polar surface area (TPSA) is 96.2 Å². The fraction of sp³-hybridized carbons (Fsp3) is 0.409. The maximum absolute atomic E-state index is 14.8. The minimum Gasteiger partial charge on any atom is -0.397 e. The summed E-state index contributed by atoms with van der Waals surface area (Å²) in [5, 5.41) is 6.71. The van der Waals surface area contributed by atoms with Gasteiger partial charge in [0, 0.05) is 43.3 Å². The summed E-state index contributed by atoms with van der Waals surface area (Å²) >= 11 is 1.15. The van der Waals surface area contributed by atoms with Crippen LogP contribution >= 0.6 is 11.3 Å². The molecule has 1 aliphatic heterocycles. The molecule has 2 aliphatic rings. The summed E-state index contributed by atoms with van der Waals surface area (Å²) in [4.78, 5) is 24.6. The highest BCUT2D eigenvalue weighted by Crippen LogP contribution is 2.34. The van der Waals surface area contributed by atoms with E-state index < -0.39 is 5.82 Å². The van der Waals surface area contributed by atoms with Crippen LogP contribution in [0.5, 0.6) is 0 Å². The number of thiophene rings is 1. The monoisotopic (exact) mass is 458 g/mol. The fourth-order valence-electron chi connectivity index (χ4n) is 4.37. The molecule has 0 saturated carbocycles. The molecule has 0 spiro atoms. The number of halogens is 2. The Morgan fingerprint density at radius 2 is 2.03 bits per heavy atom. The summed E-state index contributed by atoms with van der Waals surface area (Å²) in [5.41, 5.74) is 8.34. The molecule has 4 heterocycles. The van der Waals surface area contributed by atoms with Crippen LogP contribution in [-0.4, -0.2) is 48.1 Å². The second kappa shape index (κ2) is 8.25. The van der Waals surface area contributed by atoms with Crippen molar-refractivity contribution in [2.75, 3.05) is 36.8 Å². The first-order chi connectivity index (χ1) is 15.4. The van der Waals surface area contributed by atoms with Crippen LogP contribution in [0, 0.1) is 18.6 Å². The maximum Gasteiger partial charge on any atom is 0.263 e. The van der Waals surface area contributed by atoms with Crippen LogP contribution in [0.2, 0.25) is 0 Å². The number of piperazine rings is 1. The van der Waals surface area contributed by atoms with Gasteiger partial charge in [-0.25, -0.2) is 18.7 Å². The van der Waals surface area contributed by atoms with Crippen LogP contribution in [0.4, 0.5) is 20.3 Å². The third-order valence-electron chi connectivity index (χ3n) is 6.13. The number of carbonyl (C=O) groups excluding carboxylic acids is 1. The number of amides is 1. The van der Waals surface area contributed by atoms with Crippen molar-refractivity contribution in [2.45, 2.75) is 32.2 Å². The highest BCUT2D eigenvalue weighted by molar-refractivity contribution is 7.21. The van der Waals surface area contributed by atoms with Gasteiger partial charge in [-0.3, -0.25) is 4.79 Å². The molecule has 168 valence electrons. The molecule has 32 heavy (non-hydrogen) atoms. The second-order valence-corrected chi connectivity index (χ2v) is 9.30. The molecular formula is C22H24F2N6OS. The van der Waals surface area contributed by atoms with Crippen molar-refractivity contribution in [1.82, 2.24) is 20.6 Å². The molecule has 3 aromatic heterocycles. The number of rotatable bonds is 3. The Kier molecular flexibility index (Phi) is 5.42. The number of pyridine rings is 2. The van der Waals surface area contributed by atoms with E-state index in [1.165, 1.54) is 6.07 Å². The zero-order valence-corrected chi connectivity index (χ0v) is 18.5. The largest absolute Gasteiger partial charge is 0.397 e. The molecule has 0 radical (unpaired) electrons. The van der Waals surface area contributed by atoms with Gasteiger partial charge in [-0.2, -0.15) is 0 Å². The van der Waals surface area contributed by atoms with Crippen molar-refractivity contribution in [1.29, 1.82) is 0 Å². The third kappa shape index (κ3) is 3.77. The van der Waals surface area contributed by atoms with Gasteiger partial charge in [0.05, 0.1) is 11.4 Å². The van der Waals surface area contributed by atoms with E-state index in [1.807, 2.05) is 4.90 Å². The van der Waals surface area contributed by atoms with Gasteiger partial charge in [-0.15, -0.1) is 11.3 Å². The molecule has 0 bridgehead atoms. The van der Waals surface area contributed by atoms with Crippen LogP contribution in [0.1, 0.15) is 33.0 Å². The molecule has 0 aromatic carbocycles. The Bertz CT molecular complexity index is 1210. The van der Waals surface area contributed by atoms with E-state index in [0.29, 0.717) is 40.2 Å². The Balaban J connectivity index is 1.33. The maximum atomic E-state index is 14.8. The Morgan fingerprint density at radius 3 is 2.81 bits per heavy atom. The van der Waals surface area contributed by atoms with Crippen LogP contribution in [0.3, 0.4) is 0 Å². The predicted octanol–water partition coefficient (Wildman–Crippen LogP) is 2.56. The number of carbonyl (C=O) groups is 1. The first kappa shape index (κ1) is 21.0. The third-order valence-corrected chi connectivity index (χ3v) is 7.24. The smallest absolute Gasteiger partial charge is 0.263 e. The predicted molar refractivity (Wildman–Crippen MR) is 121 cm³/mol. The first-order valence-electron chi connectivity index (χ1n) is 10.7. The molecule has 1 amide bonds. The molecule has 1 unspecified atom stereocenters. The molecular weight excluding hydrogens is 434 g/mol. The van der Waals surface area contributed by atoms with E-state index in [2.05, 4.69) is 20.6 Å². The number of nitrogens with zero attached hydrogens (tertiary/aromatic N) is 3. The standard InChI is InChI=1S/C22H24F2N6OS/c1-11-15(23)10-14-18(25)19(32-22(14)27-11)21(31)28-13-2-3-17-12(8-13)9-16(24)20(29-17)30-6-4-26-5-7-30/h9-10,13,26H,2-8,25H2,1H3,(H,28,31). The van der Waals surface area contributed by atoms with Crippen molar-refractivity contribution in [3.05, 3.63) is 45.6 Å². The lowest BCUT2D eigenvalue weighted by atomic mass is 9.91. The number of hydrogen-bond donors (Lipinski definition) is 3. The van der Waals surface area contributed by atoms with Gasteiger partial charge in [0.15, 0.2) is 11.6 Å². The van der Waals surface area contributed by atoms with Gasteiger partial charge >= 0.3 is 0 Å². The second-order valence-electron chi connectivity index (χ2n) is 8.30. The number of nitrogens with one attached hydrogen (secondary N) is 2. The normalized spacial score (nSPS) is 18.6. The highest BCUT2D eigenvalue weighted by Gasteiger charge is 2.27. The number of nitrogens with two attached hydrogens (primary N) is 1. The lowest BCUT2D eigenvalue weighted by Gasteiger charge is -2.31. The molecule has 1 saturated heterocycles. The van der Waals surface area contributed by atoms with Crippen molar-refractivity contribution in [3.8, 4) is 0 Å². The molecule has 5 rings (SSSR count). The number of hydrogen-bond acceptors (Lipinski definition) is 7. The molecule has 10 heteroatoms. The van der Waals surface area contributed by atoms with Crippen LogP contribution in [0.15, 0.2) is 12.1 Å². The first-order valence-corrected chi connectivity index (χ1v) is 11.5. The number of fused-ring (bicyclic) bond motifs is 2. The summed E-state index contributed by atoms with van der Waals surface area (Å²) < 4.78 is 28.7. The summed E-state index contributed by atoms with van der Waals surface area (Å²) in [6.07, 6.45) is 1.87. The van der Waals surface area contributed by atoms with Crippen molar-refractivity contribution < 1.29 is 13.6 Å². The van der Waals surface area contributed by atoms with Crippen LogP contribution in [0.25, 0.3) is 10.2 Å². The Morgan fingerprint density at radius 1 is 1.25 bits per heavy atom. The molecule has 1 atom stereocenters. The molecule has 7 nitrogen and oxygen atoms in total. The van der Waals surface area contributed by atoms with Gasteiger partial charge in [-0.05, 0) is 43.9 Å². The quantitative estimate of drug-likeness (QED) is 0.558. The van der Waals surface area contributed by atoms with Crippen molar-refractivity contribution in [3.63, 3.8) is 0 Å². The Labute approximate surface area is 188 Å². The van der Waals surface area contributed by atoms with E-state index in [9.17, 15) is 13.6 Å². The average Bonchev–Trinajstić information content (AvgIpc) is 3.09. The molecule has 3 aromatic rings. The zero-order chi connectivity index (χ0) is 22.4. The van der Waals surface area contributed by atoms with E-state index in [1.54, 1.807) is 13.0 Å². The van der Waals surface area contributed by atoms with E-state index >= 15 is 0 Å². The average molecular weight is 459 g/mol. The number of aryl methyl sites for hydroxylation is 2. The molecule has 4 N–H and O–H groups in total.